The normalized spacial score (nSPS) is 19.3. The number of anilines is 1. The van der Waals surface area contributed by atoms with Crippen LogP contribution in [0, 0.1) is 6.92 Å². The first-order valence-corrected chi connectivity index (χ1v) is 8.62. The standard InChI is InChI=1S/C18H25N5/c1-14-4-3-7-19-18(14)23-10-8-22(9-11-23)13-16-12-20-21(2)17(16)15-5-6-15/h3-4,7,12,15H,5-6,8-11,13H2,1-2H3. The van der Waals surface area contributed by atoms with Crippen molar-refractivity contribution < 1.29 is 0 Å². The van der Waals surface area contributed by atoms with Crippen molar-refractivity contribution in [2.24, 2.45) is 7.05 Å². The predicted octanol–water partition coefficient (Wildman–Crippen LogP) is 2.32. The molecule has 0 unspecified atom stereocenters. The van der Waals surface area contributed by atoms with Crippen LogP contribution in [0.5, 0.6) is 0 Å². The number of aromatic nitrogens is 3. The molecule has 0 radical (unpaired) electrons. The van der Waals surface area contributed by atoms with Gasteiger partial charge in [-0.25, -0.2) is 4.98 Å². The van der Waals surface area contributed by atoms with Crippen LogP contribution in [0.15, 0.2) is 24.5 Å². The Morgan fingerprint density at radius 3 is 2.65 bits per heavy atom. The van der Waals surface area contributed by atoms with Gasteiger partial charge in [0.05, 0.1) is 6.20 Å². The fourth-order valence-corrected chi connectivity index (χ4v) is 3.66. The quantitative estimate of drug-likeness (QED) is 0.868. The first-order valence-electron chi connectivity index (χ1n) is 8.62. The molecule has 2 aromatic heterocycles. The van der Waals surface area contributed by atoms with E-state index >= 15 is 0 Å². The molecule has 1 aliphatic carbocycles. The molecule has 0 amide bonds. The second-order valence-corrected chi connectivity index (χ2v) is 6.86. The second-order valence-electron chi connectivity index (χ2n) is 6.86. The Balaban J connectivity index is 1.40. The summed E-state index contributed by atoms with van der Waals surface area (Å²) in [5.74, 6) is 1.90. The predicted molar refractivity (Wildman–Crippen MR) is 91.6 cm³/mol. The van der Waals surface area contributed by atoms with E-state index in [0.717, 1.165) is 44.5 Å². The van der Waals surface area contributed by atoms with Crippen LogP contribution in [-0.2, 0) is 13.6 Å². The Morgan fingerprint density at radius 2 is 1.96 bits per heavy atom. The highest BCUT2D eigenvalue weighted by Gasteiger charge is 2.30. The topological polar surface area (TPSA) is 37.2 Å². The van der Waals surface area contributed by atoms with Gasteiger partial charge in [0.1, 0.15) is 5.82 Å². The molecular weight excluding hydrogens is 286 g/mol. The largest absolute Gasteiger partial charge is 0.354 e. The molecule has 5 heteroatoms. The third kappa shape index (κ3) is 2.98. The summed E-state index contributed by atoms with van der Waals surface area (Å²) in [4.78, 5) is 9.52. The van der Waals surface area contributed by atoms with Crippen LogP contribution in [0.2, 0.25) is 0 Å². The van der Waals surface area contributed by atoms with Crippen molar-refractivity contribution in [3.8, 4) is 0 Å². The van der Waals surface area contributed by atoms with Gasteiger partial charge in [-0.05, 0) is 31.4 Å². The monoisotopic (exact) mass is 311 g/mol. The molecule has 1 aliphatic heterocycles. The molecule has 122 valence electrons. The number of aryl methyl sites for hydroxylation is 2. The lowest BCUT2D eigenvalue weighted by Crippen LogP contribution is -2.46. The molecule has 5 nitrogen and oxygen atoms in total. The highest BCUT2D eigenvalue weighted by atomic mass is 15.3. The third-order valence-electron chi connectivity index (χ3n) is 5.08. The Bertz CT molecular complexity index is 680. The van der Waals surface area contributed by atoms with Crippen LogP contribution in [0.1, 0.15) is 35.6 Å². The number of nitrogens with zero attached hydrogens (tertiary/aromatic N) is 5. The molecule has 1 saturated heterocycles. The van der Waals surface area contributed by atoms with E-state index in [1.165, 1.54) is 29.7 Å². The van der Waals surface area contributed by atoms with E-state index < -0.39 is 0 Å². The third-order valence-corrected chi connectivity index (χ3v) is 5.08. The summed E-state index contributed by atoms with van der Waals surface area (Å²) in [6.45, 7) is 7.47. The molecule has 0 aromatic carbocycles. The van der Waals surface area contributed by atoms with Gasteiger partial charge in [-0.1, -0.05) is 6.07 Å². The number of pyridine rings is 1. The molecule has 0 spiro atoms. The van der Waals surface area contributed by atoms with Crippen molar-refractivity contribution in [2.75, 3.05) is 31.1 Å². The van der Waals surface area contributed by atoms with E-state index in [2.05, 4.69) is 50.8 Å². The SMILES string of the molecule is Cc1cccnc1N1CCN(Cc2cnn(C)c2C2CC2)CC1. The molecule has 4 rings (SSSR count). The van der Waals surface area contributed by atoms with E-state index in [0.29, 0.717) is 0 Å². The Kier molecular flexibility index (Phi) is 3.81. The fourth-order valence-electron chi connectivity index (χ4n) is 3.66. The van der Waals surface area contributed by atoms with Gasteiger partial charge in [0.25, 0.3) is 0 Å². The second kappa shape index (κ2) is 5.96. The van der Waals surface area contributed by atoms with Crippen LogP contribution < -0.4 is 4.90 Å². The molecule has 3 heterocycles. The van der Waals surface area contributed by atoms with Gasteiger partial charge in [-0.2, -0.15) is 5.10 Å². The zero-order valence-electron chi connectivity index (χ0n) is 14.1. The molecule has 2 aromatic rings. The van der Waals surface area contributed by atoms with Crippen molar-refractivity contribution in [1.82, 2.24) is 19.7 Å². The van der Waals surface area contributed by atoms with Crippen molar-refractivity contribution in [3.05, 3.63) is 41.3 Å². The minimum absolute atomic E-state index is 0.759. The molecule has 1 saturated carbocycles. The number of rotatable bonds is 4. The molecule has 0 N–H and O–H groups in total. The smallest absolute Gasteiger partial charge is 0.131 e. The maximum Gasteiger partial charge on any atom is 0.131 e. The number of piperazine rings is 1. The van der Waals surface area contributed by atoms with Crippen molar-refractivity contribution in [2.45, 2.75) is 32.2 Å². The molecule has 2 aliphatic rings. The Labute approximate surface area is 137 Å². The number of hydrogen-bond donors (Lipinski definition) is 0. The van der Waals surface area contributed by atoms with Crippen LogP contribution in [0.25, 0.3) is 0 Å². The first-order chi connectivity index (χ1) is 11.2. The minimum atomic E-state index is 0.759. The van der Waals surface area contributed by atoms with Gasteiger partial charge in [0.2, 0.25) is 0 Å². The van der Waals surface area contributed by atoms with E-state index in [1.54, 1.807) is 0 Å². The van der Waals surface area contributed by atoms with Gasteiger partial charge in [0.15, 0.2) is 0 Å². The average Bonchev–Trinajstić information content (AvgIpc) is 3.33. The summed E-state index contributed by atoms with van der Waals surface area (Å²) in [6.07, 6.45) is 6.63. The Morgan fingerprint density at radius 1 is 1.17 bits per heavy atom. The maximum atomic E-state index is 4.55. The highest BCUT2D eigenvalue weighted by Crippen LogP contribution is 2.41. The van der Waals surface area contributed by atoms with Crippen LogP contribution in [-0.4, -0.2) is 45.8 Å². The average molecular weight is 311 g/mol. The first kappa shape index (κ1) is 14.7. The fraction of sp³-hybridized carbons (Fsp3) is 0.556. The summed E-state index contributed by atoms with van der Waals surface area (Å²) in [7, 11) is 2.08. The lowest BCUT2D eigenvalue weighted by atomic mass is 10.1. The molecule has 23 heavy (non-hydrogen) atoms. The summed E-state index contributed by atoms with van der Waals surface area (Å²) in [6, 6.07) is 4.16. The van der Waals surface area contributed by atoms with Crippen LogP contribution >= 0.6 is 0 Å². The van der Waals surface area contributed by atoms with E-state index in [-0.39, 0.29) is 0 Å². The highest BCUT2D eigenvalue weighted by molar-refractivity contribution is 5.46. The van der Waals surface area contributed by atoms with Crippen molar-refractivity contribution in [3.63, 3.8) is 0 Å². The van der Waals surface area contributed by atoms with E-state index in [1.807, 2.05) is 12.3 Å². The van der Waals surface area contributed by atoms with Crippen LogP contribution in [0.3, 0.4) is 0 Å². The summed E-state index contributed by atoms with van der Waals surface area (Å²) in [5.41, 5.74) is 4.16. The van der Waals surface area contributed by atoms with Crippen molar-refractivity contribution >= 4 is 5.82 Å². The van der Waals surface area contributed by atoms with Gasteiger partial charge in [-0.3, -0.25) is 9.58 Å². The summed E-state index contributed by atoms with van der Waals surface area (Å²) >= 11 is 0. The Hall–Kier alpha value is -1.88. The molecule has 0 bridgehead atoms. The van der Waals surface area contributed by atoms with E-state index in [4.69, 9.17) is 0 Å². The zero-order chi connectivity index (χ0) is 15.8. The summed E-state index contributed by atoms with van der Waals surface area (Å²) < 4.78 is 2.08. The van der Waals surface area contributed by atoms with Gasteiger partial charge in [-0.15, -0.1) is 0 Å². The van der Waals surface area contributed by atoms with Crippen molar-refractivity contribution in [1.29, 1.82) is 0 Å². The molecule has 2 fully saturated rings. The number of hydrogen-bond acceptors (Lipinski definition) is 4. The lowest BCUT2D eigenvalue weighted by Gasteiger charge is -2.36. The van der Waals surface area contributed by atoms with Crippen LogP contribution in [0.4, 0.5) is 5.82 Å². The van der Waals surface area contributed by atoms with Gasteiger partial charge in [0, 0.05) is 63.1 Å². The molecular formula is C18H25N5. The summed E-state index contributed by atoms with van der Waals surface area (Å²) in [5, 5.41) is 4.49. The maximum absolute atomic E-state index is 4.55. The van der Waals surface area contributed by atoms with Gasteiger partial charge < -0.3 is 4.90 Å². The minimum Gasteiger partial charge on any atom is -0.354 e. The lowest BCUT2D eigenvalue weighted by molar-refractivity contribution is 0.248. The van der Waals surface area contributed by atoms with Gasteiger partial charge >= 0.3 is 0 Å². The molecule has 0 atom stereocenters. The van der Waals surface area contributed by atoms with E-state index in [9.17, 15) is 0 Å². The zero-order valence-corrected chi connectivity index (χ0v) is 14.1.